The molecule has 5 atom stereocenters. The summed E-state index contributed by atoms with van der Waals surface area (Å²) in [6.45, 7) is 0.666. The minimum atomic E-state index is -0.152. The van der Waals surface area contributed by atoms with E-state index in [2.05, 4.69) is 12.6 Å². The predicted molar refractivity (Wildman–Crippen MR) is 54.9 cm³/mol. The van der Waals surface area contributed by atoms with Crippen molar-refractivity contribution in [1.29, 1.82) is 0 Å². The number of rotatable bonds is 4. The Balaban J connectivity index is 1.65. The fourth-order valence-electron chi connectivity index (χ4n) is 2.73. The molecule has 3 fully saturated rings. The van der Waals surface area contributed by atoms with Crippen LogP contribution in [0.3, 0.4) is 0 Å². The zero-order valence-corrected chi connectivity index (χ0v) is 9.19. The first-order valence-corrected chi connectivity index (χ1v) is 6.03. The zero-order valence-electron chi connectivity index (χ0n) is 8.30. The SMILES string of the molecule is O=C1OC2C(OCCCS)C3CC1C2O3. The van der Waals surface area contributed by atoms with E-state index >= 15 is 0 Å². The van der Waals surface area contributed by atoms with Gasteiger partial charge in [-0.2, -0.15) is 12.6 Å². The first-order chi connectivity index (χ1) is 7.31. The van der Waals surface area contributed by atoms with Gasteiger partial charge < -0.3 is 14.2 Å². The molecule has 0 amide bonds. The average molecular weight is 230 g/mol. The molecule has 0 N–H and O–H groups in total. The normalized spacial score (nSPS) is 46.2. The van der Waals surface area contributed by atoms with Gasteiger partial charge in [0.25, 0.3) is 0 Å². The maximum Gasteiger partial charge on any atom is 0.312 e. The largest absolute Gasteiger partial charge is 0.456 e. The Bertz CT molecular complexity index is 283. The monoisotopic (exact) mass is 230 g/mol. The maximum absolute atomic E-state index is 11.4. The minimum absolute atomic E-state index is 0.0234. The molecule has 0 saturated carbocycles. The summed E-state index contributed by atoms with van der Waals surface area (Å²) in [6, 6.07) is 0. The first kappa shape index (κ1) is 9.93. The first-order valence-electron chi connectivity index (χ1n) is 5.39. The summed E-state index contributed by atoms with van der Waals surface area (Å²) < 4.78 is 16.7. The summed E-state index contributed by atoms with van der Waals surface area (Å²) in [5.41, 5.74) is 0. The molecule has 0 spiro atoms. The second-order valence-corrected chi connectivity index (χ2v) is 4.74. The summed E-state index contributed by atoms with van der Waals surface area (Å²) >= 11 is 4.12. The lowest BCUT2D eigenvalue weighted by atomic mass is 9.88. The molecule has 4 nitrogen and oxygen atoms in total. The quantitative estimate of drug-likeness (QED) is 0.431. The Morgan fingerprint density at radius 1 is 1.47 bits per heavy atom. The summed E-state index contributed by atoms with van der Waals surface area (Å²) in [7, 11) is 0. The third-order valence-electron chi connectivity index (χ3n) is 3.40. The molecule has 2 bridgehead atoms. The van der Waals surface area contributed by atoms with Gasteiger partial charge in [0.15, 0.2) is 6.10 Å². The topological polar surface area (TPSA) is 44.8 Å². The Kier molecular flexibility index (Phi) is 2.41. The van der Waals surface area contributed by atoms with Crippen molar-refractivity contribution in [1.82, 2.24) is 0 Å². The summed E-state index contributed by atoms with van der Waals surface area (Å²) in [5, 5.41) is 0. The van der Waals surface area contributed by atoms with Crippen LogP contribution in [0.2, 0.25) is 0 Å². The Morgan fingerprint density at radius 3 is 3.13 bits per heavy atom. The maximum atomic E-state index is 11.4. The van der Waals surface area contributed by atoms with E-state index in [-0.39, 0.29) is 36.3 Å². The van der Waals surface area contributed by atoms with Gasteiger partial charge in [0.2, 0.25) is 0 Å². The van der Waals surface area contributed by atoms with Crippen molar-refractivity contribution in [3.05, 3.63) is 0 Å². The van der Waals surface area contributed by atoms with Gasteiger partial charge in [0, 0.05) is 6.61 Å². The molecular formula is C10H14O4S. The lowest BCUT2D eigenvalue weighted by molar-refractivity contribution is -0.146. The smallest absolute Gasteiger partial charge is 0.312 e. The van der Waals surface area contributed by atoms with E-state index < -0.39 is 0 Å². The lowest BCUT2D eigenvalue weighted by Crippen LogP contribution is -2.38. The van der Waals surface area contributed by atoms with E-state index in [4.69, 9.17) is 14.2 Å². The van der Waals surface area contributed by atoms with Crippen LogP contribution in [0.25, 0.3) is 0 Å². The Labute approximate surface area is 93.7 Å². The van der Waals surface area contributed by atoms with Gasteiger partial charge in [0.05, 0.1) is 12.0 Å². The van der Waals surface area contributed by atoms with Crippen LogP contribution in [0, 0.1) is 5.92 Å². The molecule has 15 heavy (non-hydrogen) atoms. The van der Waals surface area contributed by atoms with E-state index in [0.717, 1.165) is 18.6 Å². The number of hydrogen-bond donors (Lipinski definition) is 1. The summed E-state index contributed by atoms with van der Waals surface area (Å²) in [4.78, 5) is 11.4. The van der Waals surface area contributed by atoms with Crippen LogP contribution < -0.4 is 0 Å². The molecule has 0 aromatic rings. The van der Waals surface area contributed by atoms with Gasteiger partial charge in [0.1, 0.15) is 12.2 Å². The number of ether oxygens (including phenoxy) is 3. The van der Waals surface area contributed by atoms with Crippen molar-refractivity contribution in [2.75, 3.05) is 12.4 Å². The van der Waals surface area contributed by atoms with E-state index in [1.54, 1.807) is 0 Å². The van der Waals surface area contributed by atoms with Gasteiger partial charge >= 0.3 is 5.97 Å². The Morgan fingerprint density at radius 2 is 2.33 bits per heavy atom. The van der Waals surface area contributed by atoms with Gasteiger partial charge in [-0.05, 0) is 18.6 Å². The second kappa shape index (κ2) is 3.64. The fraction of sp³-hybridized carbons (Fsp3) is 0.900. The van der Waals surface area contributed by atoms with E-state index in [9.17, 15) is 4.79 Å². The van der Waals surface area contributed by atoms with Crippen molar-refractivity contribution in [2.45, 2.75) is 37.3 Å². The van der Waals surface area contributed by atoms with E-state index in [1.165, 1.54) is 0 Å². The minimum Gasteiger partial charge on any atom is -0.456 e. The van der Waals surface area contributed by atoms with Gasteiger partial charge in [-0.3, -0.25) is 4.79 Å². The lowest BCUT2D eigenvalue weighted by Gasteiger charge is -2.22. The number of thiol groups is 1. The third kappa shape index (κ3) is 1.40. The molecule has 3 saturated heterocycles. The highest BCUT2D eigenvalue weighted by Crippen LogP contribution is 2.47. The number of hydrogen-bond acceptors (Lipinski definition) is 5. The molecule has 5 heteroatoms. The van der Waals surface area contributed by atoms with E-state index in [1.807, 2.05) is 0 Å². The van der Waals surface area contributed by atoms with Crippen molar-refractivity contribution < 1.29 is 19.0 Å². The van der Waals surface area contributed by atoms with Crippen LogP contribution in [0.5, 0.6) is 0 Å². The molecule has 3 aliphatic heterocycles. The number of esters is 1. The van der Waals surface area contributed by atoms with E-state index in [0.29, 0.717) is 6.61 Å². The number of carbonyl (C=O) groups excluding carboxylic acids is 1. The van der Waals surface area contributed by atoms with Crippen molar-refractivity contribution in [2.24, 2.45) is 5.92 Å². The highest BCUT2D eigenvalue weighted by atomic mass is 32.1. The third-order valence-corrected chi connectivity index (χ3v) is 3.71. The number of carbonyl (C=O) groups is 1. The molecule has 5 unspecified atom stereocenters. The van der Waals surface area contributed by atoms with Crippen molar-refractivity contribution >= 4 is 18.6 Å². The standard InChI is InChI=1S/C10H14O4S/c11-10-5-4-6-8(12-2-1-3-15)9(14-10)7(5)13-6/h5-9,15H,1-4H2. The Hall–Kier alpha value is -0.260. The molecule has 0 aromatic heterocycles. The van der Waals surface area contributed by atoms with Crippen LogP contribution in [-0.4, -0.2) is 42.7 Å². The van der Waals surface area contributed by atoms with Gasteiger partial charge in [-0.25, -0.2) is 0 Å². The van der Waals surface area contributed by atoms with Gasteiger partial charge in [-0.1, -0.05) is 0 Å². The van der Waals surface area contributed by atoms with Crippen LogP contribution in [-0.2, 0) is 19.0 Å². The molecule has 0 aromatic carbocycles. The molecular weight excluding hydrogens is 216 g/mol. The summed E-state index contributed by atoms with van der Waals surface area (Å²) in [5.74, 6) is 0.687. The molecule has 3 aliphatic rings. The molecule has 84 valence electrons. The zero-order chi connectivity index (χ0) is 10.4. The highest BCUT2D eigenvalue weighted by molar-refractivity contribution is 7.80. The molecule has 3 heterocycles. The van der Waals surface area contributed by atoms with Crippen LogP contribution in [0.15, 0.2) is 0 Å². The highest BCUT2D eigenvalue weighted by Gasteiger charge is 2.63. The molecule has 3 rings (SSSR count). The molecule has 0 radical (unpaired) electrons. The number of fused-ring (bicyclic) bond motifs is 1. The molecule has 0 aliphatic carbocycles. The second-order valence-electron chi connectivity index (χ2n) is 4.30. The summed E-state index contributed by atoms with van der Waals surface area (Å²) in [6.07, 6.45) is 1.52. The van der Waals surface area contributed by atoms with Crippen molar-refractivity contribution in [3.8, 4) is 0 Å². The van der Waals surface area contributed by atoms with Crippen LogP contribution >= 0.6 is 12.6 Å². The van der Waals surface area contributed by atoms with Crippen LogP contribution in [0.1, 0.15) is 12.8 Å². The van der Waals surface area contributed by atoms with Crippen LogP contribution in [0.4, 0.5) is 0 Å². The van der Waals surface area contributed by atoms with Gasteiger partial charge in [-0.15, -0.1) is 0 Å². The average Bonchev–Trinajstić information content (AvgIpc) is 2.81. The van der Waals surface area contributed by atoms with Crippen molar-refractivity contribution in [3.63, 3.8) is 0 Å². The predicted octanol–water partition coefficient (Wildman–Crippen LogP) is 0.404. The fourth-order valence-corrected chi connectivity index (χ4v) is 2.85.